The van der Waals surface area contributed by atoms with E-state index in [2.05, 4.69) is 19.2 Å². The molecule has 3 aliphatic rings. The van der Waals surface area contributed by atoms with Crippen molar-refractivity contribution in [3.63, 3.8) is 0 Å². The molecule has 0 amide bonds. The molecule has 2 aliphatic carbocycles. The van der Waals surface area contributed by atoms with Gasteiger partial charge in [0.2, 0.25) is 0 Å². The maximum Gasteiger partial charge on any atom is 0.0690 e. The Balaban J connectivity index is 1.59. The number of fused-ring (bicyclic) bond motifs is 2. The number of ether oxygens (including phenoxy) is 1. The molecule has 3 atom stereocenters. The Morgan fingerprint density at radius 2 is 2.17 bits per heavy atom. The number of nitrogens with one attached hydrogen (secondary N) is 1. The maximum absolute atomic E-state index is 9.10. The second kappa shape index (κ2) is 4.46. The van der Waals surface area contributed by atoms with E-state index < -0.39 is 0 Å². The Morgan fingerprint density at radius 1 is 1.39 bits per heavy atom. The van der Waals surface area contributed by atoms with E-state index in [1.807, 2.05) is 0 Å². The molecule has 3 rings (SSSR count). The van der Waals surface area contributed by atoms with E-state index in [0.29, 0.717) is 24.2 Å². The average Bonchev–Trinajstić information content (AvgIpc) is 2.61. The fraction of sp³-hybridized carbons (Fsp3) is 1.00. The minimum Gasteiger partial charge on any atom is -0.396 e. The van der Waals surface area contributed by atoms with Crippen LogP contribution < -0.4 is 5.32 Å². The molecule has 0 aromatic carbocycles. The molecule has 1 spiro atoms. The van der Waals surface area contributed by atoms with Crippen molar-refractivity contribution in [2.75, 3.05) is 19.8 Å². The quantitative estimate of drug-likeness (QED) is 0.787. The summed E-state index contributed by atoms with van der Waals surface area (Å²) in [4.78, 5) is 0. The van der Waals surface area contributed by atoms with Crippen molar-refractivity contribution in [2.45, 2.75) is 58.1 Å². The van der Waals surface area contributed by atoms with Gasteiger partial charge >= 0.3 is 0 Å². The fourth-order valence-corrected chi connectivity index (χ4v) is 4.34. The number of aliphatic hydroxyl groups is 1. The first-order valence-corrected chi connectivity index (χ1v) is 7.55. The summed E-state index contributed by atoms with van der Waals surface area (Å²) in [6.07, 6.45) is 6.77. The van der Waals surface area contributed by atoms with Crippen LogP contribution in [0, 0.1) is 16.7 Å². The minimum atomic E-state index is 0.199. The van der Waals surface area contributed by atoms with Crippen LogP contribution in [0.25, 0.3) is 0 Å². The molecule has 18 heavy (non-hydrogen) atoms. The van der Waals surface area contributed by atoms with Gasteiger partial charge in [0.15, 0.2) is 0 Å². The number of rotatable bonds is 5. The first kappa shape index (κ1) is 12.9. The van der Waals surface area contributed by atoms with Gasteiger partial charge in [-0.25, -0.2) is 0 Å². The normalized spacial score (nSPS) is 37.2. The monoisotopic (exact) mass is 253 g/mol. The molecule has 1 aliphatic heterocycles. The Kier molecular flexibility index (Phi) is 3.20. The summed E-state index contributed by atoms with van der Waals surface area (Å²) < 4.78 is 5.94. The fourth-order valence-electron chi connectivity index (χ4n) is 4.34. The minimum absolute atomic E-state index is 0.199. The second-order valence-corrected chi connectivity index (χ2v) is 7.33. The van der Waals surface area contributed by atoms with Crippen molar-refractivity contribution in [3.05, 3.63) is 0 Å². The highest BCUT2D eigenvalue weighted by atomic mass is 16.5. The highest BCUT2D eigenvalue weighted by molar-refractivity contribution is 5.18. The number of hydrogen-bond acceptors (Lipinski definition) is 3. The zero-order chi connectivity index (χ0) is 12.8. The van der Waals surface area contributed by atoms with Gasteiger partial charge in [0, 0.05) is 37.1 Å². The molecule has 0 bridgehead atoms. The van der Waals surface area contributed by atoms with E-state index in [0.717, 1.165) is 25.5 Å². The summed E-state index contributed by atoms with van der Waals surface area (Å²) in [5.41, 5.74) is 0.681. The lowest BCUT2D eigenvalue weighted by Gasteiger charge is -2.63. The summed E-state index contributed by atoms with van der Waals surface area (Å²) >= 11 is 0. The molecular formula is C15H27NO2. The smallest absolute Gasteiger partial charge is 0.0690 e. The lowest BCUT2D eigenvalue weighted by molar-refractivity contribution is -0.177. The molecule has 0 aromatic heterocycles. The lowest BCUT2D eigenvalue weighted by Crippen LogP contribution is -2.71. The van der Waals surface area contributed by atoms with Crippen LogP contribution in [0.3, 0.4) is 0 Å². The predicted molar refractivity (Wildman–Crippen MR) is 71.4 cm³/mol. The second-order valence-electron chi connectivity index (χ2n) is 7.33. The third-order valence-corrected chi connectivity index (χ3v) is 5.63. The van der Waals surface area contributed by atoms with Crippen LogP contribution >= 0.6 is 0 Å². The van der Waals surface area contributed by atoms with Crippen LogP contribution in [-0.4, -0.2) is 37.0 Å². The Morgan fingerprint density at radius 3 is 2.78 bits per heavy atom. The Hall–Kier alpha value is -0.120. The topological polar surface area (TPSA) is 41.5 Å². The van der Waals surface area contributed by atoms with Crippen molar-refractivity contribution in [1.82, 2.24) is 5.32 Å². The zero-order valence-corrected chi connectivity index (χ0v) is 11.7. The lowest BCUT2D eigenvalue weighted by atomic mass is 9.46. The molecule has 3 nitrogen and oxygen atoms in total. The molecule has 1 saturated heterocycles. The molecule has 3 unspecified atom stereocenters. The summed E-state index contributed by atoms with van der Waals surface area (Å²) in [6, 6.07) is 0.678. The SMILES string of the molecule is CC(C)(CCO)CNC1C2CCOC2C12CCC2. The van der Waals surface area contributed by atoms with Gasteiger partial charge in [-0.15, -0.1) is 0 Å². The molecule has 0 aromatic rings. The van der Waals surface area contributed by atoms with Gasteiger partial charge in [0.05, 0.1) is 6.10 Å². The van der Waals surface area contributed by atoms with E-state index in [-0.39, 0.29) is 5.41 Å². The number of aliphatic hydroxyl groups excluding tert-OH is 1. The van der Waals surface area contributed by atoms with E-state index in [1.54, 1.807) is 0 Å². The van der Waals surface area contributed by atoms with E-state index >= 15 is 0 Å². The van der Waals surface area contributed by atoms with Crippen LogP contribution in [0.1, 0.15) is 46.0 Å². The van der Waals surface area contributed by atoms with Crippen LogP contribution in [-0.2, 0) is 4.74 Å². The molecule has 1 heterocycles. The largest absolute Gasteiger partial charge is 0.396 e. The summed E-state index contributed by atoms with van der Waals surface area (Å²) in [5, 5.41) is 12.9. The number of hydrogen-bond donors (Lipinski definition) is 2. The summed E-state index contributed by atoms with van der Waals surface area (Å²) in [7, 11) is 0. The van der Waals surface area contributed by atoms with Gasteiger partial charge in [-0.2, -0.15) is 0 Å². The molecule has 2 N–H and O–H groups in total. The standard InChI is InChI=1S/C15H27NO2/c1-14(2,7-8-17)10-16-12-11-4-9-18-13(11)15(12)5-3-6-15/h11-13,16-17H,3-10H2,1-2H3. The van der Waals surface area contributed by atoms with Crippen molar-refractivity contribution < 1.29 is 9.84 Å². The Bertz CT molecular complexity index is 312. The zero-order valence-electron chi connectivity index (χ0n) is 11.7. The maximum atomic E-state index is 9.10. The van der Waals surface area contributed by atoms with Gasteiger partial charge in [0.1, 0.15) is 0 Å². The van der Waals surface area contributed by atoms with Gasteiger partial charge in [0.25, 0.3) is 0 Å². The van der Waals surface area contributed by atoms with E-state index in [4.69, 9.17) is 9.84 Å². The van der Waals surface area contributed by atoms with Gasteiger partial charge < -0.3 is 15.2 Å². The van der Waals surface area contributed by atoms with Gasteiger partial charge in [-0.3, -0.25) is 0 Å². The highest BCUT2D eigenvalue weighted by Gasteiger charge is 2.66. The molecule has 0 radical (unpaired) electrons. The average molecular weight is 253 g/mol. The summed E-state index contributed by atoms with van der Waals surface area (Å²) in [6.45, 7) is 6.76. The van der Waals surface area contributed by atoms with E-state index in [1.165, 1.54) is 25.7 Å². The van der Waals surface area contributed by atoms with Crippen molar-refractivity contribution >= 4 is 0 Å². The van der Waals surface area contributed by atoms with Crippen molar-refractivity contribution in [3.8, 4) is 0 Å². The van der Waals surface area contributed by atoms with Crippen LogP contribution in [0.15, 0.2) is 0 Å². The first-order chi connectivity index (χ1) is 8.59. The van der Waals surface area contributed by atoms with Crippen LogP contribution in [0.5, 0.6) is 0 Å². The molecular weight excluding hydrogens is 226 g/mol. The van der Waals surface area contributed by atoms with Gasteiger partial charge in [-0.05, 0) is 31.1 Å². The van der Waals surface area contributed by atoms with Crippen molar-refractivity contribution in [2.24, 2.45) is 16.7 Å². The third-order valence-electron chi connectivity index (χ3n) is 5.63. The molecule has 104 valence electrons. The molecule has 2 saturated carbocycles. The molecule has 3 heteroatoms. The van der Waals surface area contributed by atoms with E-state index in [9.17, 15) is 0 Å². The van der Waals surface area contributed by atoms with Crippen molar-refractivity contribution in [1.29, 1.82) is 0 Å². The predicted octanol–water partition coefficient (Wildman–Crippen LogP) is 1.94. The van der Waals surface area contributed by atoms with Crippen LogP contribution in [0.4, 0.5) is 0 Å². The van der Waals surface area contributed by atoms with Gasteiger partial charge in [-0.1, -0.05) is 20.3 Å². The first-order valence-electron chi connectivity index (χ1n) is 7.55. The summed E-state index contributed by atoms with van der Waals surface area (Å²) in [5.74, 6) is 0.759. The molecule has 3 fully saturated rings. The third kappa shape index (κ3) is 1.83. The van der Waals surface area contributed by atoms with Crippen LogP contribution in [0.2, 0.25) is 0 Å². The highest BCUT2D eigenvalue weighted by Crippen LogP contribution is 2.62. The Labute approximate surface area is 110 Å².